The molecule has 0 bridgehead atoms. The topological polar surface area (TPSA) is 28.2 Å². The maximum absolute atomic E-state index is 4.58. The lowest BCUT2D eigenvalue weighted by atomic mass is 9.76. The van der Waals surface area contributed by atoms with Crippen LogP contribution in [-0.4, -0.2) is 36.6 Å². The Kier molecular flexibility index (Phi) is 6.00. The van der Waals surface area contributed by atoms with Gasteiger partial charge in [0.25, 0.3) is 0 Å². The van der Waals surface area contributed by atoms with Gasteiger partial charge in [-0.2, -0.15) is 0 Å². The number of hydrogen-bond acceptors (Lipinski definition) is 4. The van der Waals surface area contributed by atoms with Crippen LogP contribution in [0.25, 0.3) is 0 Å². The van der Waals surface area contributed by atoms with Gasteiger partial charge in [-0.25, -0.2) is 4.98 Å². The molecule has 0 aliphatic heterocycles. The molecule has 1 aromatic rings. The fourth-order valence-electron chi connectivity index (χ4n) is 3.54. The summed E-state index contributed by atoms with van der Waals surface area (Å²) in [5.41, 5.74) is 1.22. The maximum atomic E-state index is 4.58. The predicted molar refractivity (Wildman–Crippen MR) is 87.2 cm³/mol. The minimum Gasteiger partial charge on any atom is -0.317 e. The third-order valence-corrected chi connectivity index (χ3v) is 5.51. The number of nitrogens with one attached hydrogen (secondary N) is 1. The Bertz CT molecular complexity index is 404. The fourth-order valence-corrected chi connectivity index (χ4v) is 4.14. The van der Waals surface area contributed by atoms with Crippen molar-refractivity contribution >= 4 is 11.3 Å². The summed E-state index contributed by atoms with van der Waals surface area (Å²) in [5, 5.41) is 6.89. The van der Waals surface area contributed by atoms with Crippen LogP contribution in [0, 0.1) is 18.8 Å². The van der Waals surface area contributed by atoms with Crippen LogP contribution >= 0.6 is 11.3 Å². The van der Waals surface area contributed by atoms with Crippen LogP contribution < -0.4 is 5.32 Å². The molecule has 1 aromatic heterocycles. The van der Waals surface area contributed by atoms with Gasteiger partial charge >= 0.3 is 0 Å². The third-order valence-electron chi connectivity index (χ3n) is 4.68. The first kappa shape index (κ1) is 15.9. The zero-order chi connectivity index (χ0) is 14.5. The lowest BCUT2D eigenvalue weighted by molar-refractivity contribution is 0.153. The highest BCUT2D eigenvalue weighted by atomic mass is 32.1. The van der Waals surface area contributed by atoms with Gasteiger partial charge in [0.15, 0.2) is 0 Å². The summed E-state index contributed by atoms with van der Waals surface area (Å²) in [7, 11) is 4.35. The molecule has 114 valence electrons. The van der Waals surface area contributed by atoms with Gasteiger partial charge in [-0.15, -0.1) is 11.3 Å². The molecule has 20 heavy (non-hydrogen) atoms. The third kappa shape index (κ3) is 4.27. The van der Waals surface area contributed by atoms with Crippen molar-refractivity contribution in [2.45, 2.75) is 52.1 Å². The Balaban J connectivity index is 1.88. The Hall–Kier alpha value is -0.450. The molecule has 1 aliphatic carbocycles. The molecule has 1 fully saturated rings. The average molecular weight is 295 g/mol. The molecule has 2 rings (SSSR count). The molecule has 0 saturated heterocycles. The molecular weight excluding hydrogens is 266 g/mol. The number of rotatable bonds is 6. The van der Waals surface area contributed by atoms with Crippen molar-refractivity contribution in [2.75, 3.05) is 20.6 Å². The van der Waals surface area contributed by atoms with Gasteiger partial charge in [0.2, 0.25) is 0 Å². The van der Waals surface area contributed by atoms with Gasteiger partial charge in [0.05, 0.1) is 10.7 Å². The first-order valence-electron chi connectivity index (χ1n) is 7.89. The van der Waals surface area contributed by atoms with Crippen molar-refractivity contribution in [1.82, 2.24) is 15.2 Å². The first-order valence-corrected chi connectivity index (χ1v) is 8.77. The Morgan fingerprint density at radius 1 is 1.45 bits per heavy atom. The van der Waals surface area contributed by atoms with E-state index in [0.717, 1.165) is 18.4 Å². The SMILES string of the molecule is CCC1CCC(NC)C(CN(C)Cc2csc(C)n2)C1. The Morgan fingerprint density at radius 3 is 2.85 bits per heavy atom. The van der Waals surface area contributed by atoms with Crippen LogP contribution in [0.3, 0.4) is 0 Å². The normalized spacial score (nSPS) is 27.1. The van der Waals surface area contributed by atoms with E-state index < -0.39 is 0 Å². The van der Waals surface area contributed by atoms with Crippen molar-refractivity contribution in [1.29, 1.82) is 0 Å². The second kappa shape index (κ2) is 7.53. The minimum absolute atomic E-state index is 0.692. The van der Waals surface area contributed by atoms with E-state index >= 15 is 0 Å². The smallest absolute Gasteiger partial charge is 0.0897 e. The molecular formula is C16H29N3S. The summed E-state index contributed by atoms with van der Waals surface area (Å²) in [4.78, 5) is 7.02. The zero-order valence-electron chi connectivity index (χ0n) is 13.4. The van der Waals surface area contributed by atoms with Crippen LogP contribution in [0.1, 0.15) is 43.3 Å². The molecule has 0 radical (unpaired) electrons. The van der Waals surface area contributed by atoms with Gasteiger partial charge in [-0.1, -0.05) is 13.3 Å². The second-order valence-electron chi connectivity index (χ2n) is 6.30. The summed E-state index contributed by atoms with van der Waals surface area (Å²) >= 11 is 1.75. The molecule has 0 spiro atoms. The molecule has 4 heteroatoms. The number of aromatic nitrogens is 1. The zero-order valence-corrected chi connectivity index (χ0v) is 14.2. The number of hydrogen-bond donors (Lipinski definition) is 1. The fraction of sp³-hybridized carbons (Fsp3) is 0.812. The molecule has 1 aliphatic rings. The van der Waals surface area contributed by atoms with E-state index in [0.29, 0.717) is 6.04 Å². The van der Waals surface area contributed by atoms with Gasteiger partial charge in [0.1, 0.15) is 0 Å². The standard InChI is InChI=1S/C16H29N3S/c1-5-13-6-7-16(17-3)14(8-13)9-19(4)10-15-11-20-12(2)18-15/h11,13-14,16-17H,5-10H2,1-4H3. The molecule has 0 aromatic carbocycles. The monoisotopic (exact) mass is 295 g/mol. The van der Waals surface area contributed by atoms with Gasteiger partial charge < -0.3 is 10.2 Å². The first-order chi connectivity index (χ1) is 9.62. The van der Waals surface area contributed by atoms with Crippen LogP contribution in [-0.2, 0) is 6.54 Å². The Morgan fingerprint density at radius 2 is 2.25 bits per heavy atom. The molecule has 1 heterocycles. The largest absolute Gasteiger partial charge is 0.317 e. The van der Waals surface area contributed by atoms with E-state index in [4.69, 9.17) is 0 Å². The minimum atomic E-state index is 0.692. The van der Waals surface area contributed by atoms with Gasteiger partial charge in [-0.05, 0) is 52.1 Å². The summed E-state index contributed by atoms with van der Waals surface area (Å²) < 4.78 is 0. The van der Waals surface area contributed by atoms with E-state index in [1.165, 1.54) is 42.9 Å². The van der Waals surface area contributed by atoms with Crippen LogP contribution in [0.15, 0.2) is 5.38 Å². The van der Waals surface area contributed by atoms with E-state index in [9.17, 15) is 0 Å². The van der Waals surface area contributed by atoms with E-state index in [-0.39, 0.29) is 0 Å². The van der Waals surface area contributed by atoms with Crippen LogP contribution in [0.5, 0.6) is 0 Å². The van der Waals surface area contributed by atoms with Crippen molar-refractivity contribution in [3.05, 3.63) is 16.1 Å². The highest BCUT2D eigenvalue weighted by Gasteiger charge is 2.29. The Labute approximate surface area is 127 Å². The molecule has 1 saturated carbocycles. The number of thiazole rings is 1. The van der Waals surface area contributed by atoms with Crippen molar-refractivity contribution < 1.29 is 0 Å². The summed E-state index contributed by atoms with van der Waals surface area (Å²) in [6.07, 6.45) is 5.45. The summed E-state index contributed by atoms with van der Waals surface area (Å²) in [6.45, 7) is 6.58. The van der Waals surface area contributed by atoms with Crippen molar-refractivity contribution in [3.63, 3.8) is 0 Å². The van der Waals surface area contributed by atoms with Gasteiger partial charge in [0, 0.05) is 24.5 Å². The predicted octanol–water partition coefficient (Wildman–Crippen LogP) is 3.30. The van der Waals surface area contributed by atoms with Gasteiger partial charge in [-0.3, -0.25) is 0 Å². The molecule has 0 amide bonds. The summed E-state index contributed by atoms with van der Waals surface area (Å²) in [5.74, 6) is 1.71. The van der Waals surface area contributed by atoms with Crippen molar-refractivity contribution in [2.24, 2.45) is 11.8 Å². The number of nitrogens with zero attached hydrogens (tertiary/aromatic N) is 2. The second-order valence-corrected chi connectivity index (χ2v) is 7.36. The van der Waals surface area contributed by atoms with E-state index in [1.54, 1.807) is 11.3 Å². The lowest BCUT2D eigenvalue weighted by Crippen LogP contribution is -2.43. The molecule has 3 atom stereocenters. The quantitative estimate of drug-likeness (QED) is 0.873. The average Bonchev–Trinajstić information content (AvgIpc) is 2.83. The van der Waals surface area contributed by atoms with Crippen LogP contribution in [0.4, 0.5) is 0 Å². The molecule has 3 nitrogen and oxygen atoms in total. The lowest BCUT2D eigenvalue weighted by Gasteiger charge is -2.37. The summed E-state index contributed by atoms with van der Waals surface area (Å²) in [6, 6.07) is 0.692. The molecule has 1 N–H and O–H groups in total. The maximum Gasteiger partial charge on any atom is 0.0897 e. The van der Waals surface area contributed by atoms with E-state index in [2.05, 4.69) is 48.5 Å². The van der Waals surface area contributed by atoms with Crippen LogP contribution in [0.2, 0.25) is 0 Å². The number of aryl methyl sites for hydroxylation is 1. The molecule has 3 unspecified atom stereocenters. The van der Waals surface area contributed by atoms with Crippen molar-refractivity contribution in [3.8, 4) is 0 Å². The van der Waals surface area contributed by atoms with E-state index in [1.807, 2.05) is 0 Å². The highest BCUT2D eigenvalue weighted by molar-refractivity contribution is 7.09. The highest BCUT2D eigenvalue weighted by Crippen LogP contribution is 2.31.